The molecule has 0 aliphatic heterocycles. The molecule has 1 nitrogen and oxygen atoms in total. The smallest absolute Gasteiger partial charge is 0.0461 e. The third-order valence-electron chi connectivity index (χ3n) is 2.05. The summed E-state index contributed by atoms with van der Waals surface area (Å²) in [5, 5.41) is 9.06. The van der Waals surface area contributed by atoms with Crippen LogP contribution in [0.4, 0.5) is 0 Å². The topological polar surface area (TPSA) is 20.2 Å². The van der Waals surface area contributed by atoms with Gasteiger partial charge in [0.05, 0.1) is 0 Å². The van der Waals surface area contributed by atoms with E-state index in [1.807, 2.05) is 0 Å². The van der Waals surface area contributed by atoms with Crippen LogP contribution in [0.3, 0.4) is 0 Å². The van der Waals surface area contributed by atoms with Crippen molar-refractivity contribution in [2.45, 2.75) is 41.0 Å². The maximum absolute atomic E-state index is 9.06. The molecule has 0 fully saturated rings. The highest BCUT2D eigenvalue weighted by Crippen LogP contribution is 2.28. The Balaban J connectivity index is 3.88. The van der Waals surface area contributed by atoms with Crippen LogP contribution in [0.2, 0.25) is 0 Å². The van der Waals surface area contributed by atoms with Gasteiger partial charge in [-0.25, -0.2) is 0 Å². The summed E-state index contributed by atoms with van der Waals surface area (Å²) in [7, 11) is 0. The molecule has 0 aliphatic rings. The Bertz CT molecular complexity index is 99.9. The average Bonchev–Trinajstić information content (AvgIpc) is 1.80. The van der Waals surface area contributed by atoms with Gasteiger partial charge in [-0.1, -0.05) is 34.6 Å². The molecule has 0 saturated carbocycles. The van der Waals surface area contributed by atoms with Gasteiger partial charge in [0.1, 0.15) is 0 Å². The fourth-order valence-electron chi connectivity index (χ4n) is 1.30. The summed E-state index contributed by atoms with van der Waals surface area (Å²) in [6.07, 6.45) is 1.11. The minimum absolute atomic E-state index is 0.328. The van der Waals surface area contributed by atoms with Crippen LogP contribution in [0.25, 0.3) is 0 Å². The second-order valence-electron chi connectivity index (χ2n) is 4.95. The van der Waals surface area contributed by atoms with Gasteiger partial charge in [-0.05, 0) is 23.7 Å². The molecule has 0 aromatic heterocycles. The van der Waals surface area contributed by atoms with Crippen LogP contribution in [0.15, 0.2) is 0 Å². The Morgan fingerprint density at radius 3 is 1.73 bits per heavy atom. The normalized spacial score (nSPS) is 15.5. The lowest BCUT2D eigenvalue weighted by Gasteiger charge is -2.27. The van der Waals surface area contributed by atoms with Crippen molar-refractivity contribution < 1.29 is 5.11 Å². The van der Waals surface area contributed by atoms with E-state index in [2.05, 4.69) is 34.6 Å². The summed E-state index contributed by atoms with van der Waals surface area (Å²) in [5.41, 5.74) is 0.345. The van der Waals surface area contributed by atoms with Crippen molar-refractivity contribution in [1.29, 1.82) is 0 Å². The highest BCUT2D eigenvalue weighted by Gasteiger charge is 2.20. The summed E-state index contributed by atoms with van der Waals surface area (Å²) in [6, 6.07) is 0. The second-order valence-corrected chi connectivity index (χ2v) is 4.95. The molecule has 1 heteroatoms. The van der Waals surface area contributed by atoms with Crippen molar-refractivity contribution in [1.82, 2.24) is 0 Å². The maximum Gasteiger partial charge on any atom is 0.0461 e. The minimum atomic E-state index is 0.328. The molecule has 0 amide bonds. The zero-order valence-corrected chi connectivity index (χ0v) is 8.52. The van der Waals surface area contributed by atoms with Crippen LogP contribution in [-0.2, 0) is 0 Å². The fourth-order valence-corrected chi connectivity index (χ4v) is 1.30. The summed E-state index contributed by atoms with van der Waals surface area (Å²) in [4.78, 5) is 0. The van der Waals surface area contributed by atoms with Crippen molar-refractivity contribution in [2.24, 2.45) is 17.3 Å². The van der Waals surface area contributed by atoms with Gasteiger partial charge in [0, 0.05) is 6.61 Å². The van der Waals surface area contributed by atoms with E-state index < -0.39 is 0 Å². The number of hydrogen-bond acceptors (Lipinski definition) is 1. The quantitative estimate of drug-likeness (QED) is 0.669. The van der Waals surface area contributed by atoms with E-state index >= 15 is 0 Å². The molecule has 0 aromatic carbocycles. The van der Waals surface area contributed by atoms with E-state index in [4.69, 9.17) is 5.11 Å². The van der Waals surface area contributed by atoms with Gasteiger partial charge in [0.25, 0.3) is 0 Å². The van der Waals surface area contributed by atoms with Gasteiger partial charge in [-0.2, -0.15) is 0 Å². The molecule has 0 radical (unpaired) electrons. The first-order valence-electron chi connectivity index (χ1n) is 4.47. The van der Waals surface area contributed by atoms with Crippen LogP contribution >= 0.6 is 0 Å². The lowest BCUT2D eigenvalue weighted by atomic mass is 9.80. The highest BCUT2D eigenvalue weighted by molar-refractivity contribution is 4.70. The van der Waals surface area contributed by atoms with Gasteiger partial charge in [0.2, 0.25) is 0 Å². The lowest BCUT2D eigenvalue weighted by Crippen LogP contribution is -2.20. The van der Waals surface area contributed by atoms with Crippen LogP contribution in [0.5, 0.6) is 0 Å². The molecule has 0 bridgehead atoms. The van der Waals surface area contributed by atoms with E-state index in [9.17, 15) is 0 Å². The Kier molecular flexibility index (Phi) is 4.09. The Morgan fingerprint density at radius 2 is 1.64 bits per heavy atom. The van der Waals surface area contributed by atoms with Crippen molar-refractivity contribution in [2.75, 3.05) is 6.61 Å². The second kappa shape index (κ2) is 4.10. The predicted octanol–water partition coefficient (Wildman–Crippen LogP) is 2.69. The third-order valence-corrected chi connectivity index (χ3v) is 2.05. The summed E-state index contributed by atoms with van der Waals surface area (Å²) in [6.45, 7) is 11.3. The number of aliphatic hydroxyl groups is 1. The summed E-state index contributed by atoms with van der Waals surface area (Å²) in [5.74, 6) is 1.06. The third kappa shape index (κ3) is 5.25. The van der Waals surface area contributed by atoms with Crippen LogP contribution in [0, 0.1) is 17.3 Å². The molecule has 1 atom stereocenters. The molecule has 0 aromatic rings. The van der Waals surface area contributed by atoms with Gasteiger partial charge < -0.3 is 5.11 Å². The zero-order chi connectivity index (χ0) is 9.07. The Labute approximate surface area is 70.8 Å². The van der Waals surface area contributed by atoms with E-state index in [-0.39, 0.29) is 0 Å². The van der Waals surface area contributed by atoms with E-state index in [0.717, 1.165) is 6.42 Å². The van der Waals surface area contributed by atoms with Gasteiger partial charge in [-0.3, -0.25) is 0 Å². The molecule has 1 unspecified atom stereocenters. The first-order valence-corrected chi connectivity index (χ1v) is 4.47. The minimum Gasteiger partial charge on any atom is -0.396 e. The molecule has 11 heavy (non-hydrogen) atoms. The van der Waals surface area contributed by atoms with Crippen molar-refractivity contribution in [3.63, 3.8) is 0 Å². The molecule has 0 aliphatic carbocycles. The van der Waals surface area contributed by atoms with Crippen LogP contribution in [0.1, 0.15) is 41.0 Å². The molecule has 1 N–H and O–H groups in total. The first kappa shape index (κ1) is 11.0. The van der Waals surface area contributed by atoms with Crippen molar-refractivity contribution in [3.05, 3.63) is 0 Å². The monoisotopic (exact) mass is 158 g/mol. The predicted molar refractivity (Wildman–Crippen MR) is 49.5 cm³/mol. The average molecular weight is 158 g/mol. The highest BCUT2D eigenvalue weighted by atomic mass is 16.3. The van der Waals surface area contributed by atoms with Gasteiger partial charge >= 0.3 is 0 Å². The SMILES string of the molecule is CC(C)C(CO)CC(C)(C)C. The zero-order valence-electron chi connectivity index (χ0n) is 8.52. The number of hydrogen-bond donors (Lipinski definition) is 1. The summed E-state index contributed by atoms with van der Waals surface area (Å²) < 4.78 is 0. The van der Waals surface area contributed by atoms with Crippen LogP contribution < -0.4 is 0 Å². The first-order chi connectivity index (χ1) is 4.87. The Morgan fingerprint density at radius 1 is 1.18 bits per heavy atom. The lowest BCUT2D eigenvalue weighted by molar-refractivity contribution is 0.143. The van der Waals surface area contributed by atoms with Crippen molar-refractivity contribution in [3.8, 4) is 0 Å². The van der Waals surface area contributed by atoms with Gasteiger partial charge in [0.15, 0.2) is 0 Å². The molecule has 0 heterocycles. The van der Waals surface area contributed by atoms with Gasteiger partial charge in [-0.15, -0.1) is 0 Å². The Hall–Kier alpha value is -0.0400. The fraction of sp³-hybridized carbons (Fsp3) is 1.00. The molecule has 0 rings (SSSR count). The standard InChI is InChI=1S/C10H22O/c1-8(2)9(7-11)6-10(3,4)5/h8-9,11H,6-7H2,1-5H3. The molecular weight excluding hydrogens is 136 g/mol. The van der Waals surface area contributed by atoms with Crippen LogP contribution in [-0.4, -0.2) is 11.7 Å². The van der Waals surface area contributed by atoms with E-state index in [1.54, 1.807) is 0 Å². The number of rotatable bonds is 3. The van der Waals surface area contributed by atoms with E-state index in [1.165, 1.54) is 0 Å². The summed E-state index contributed by atoms with van der Waals surface area (Å²) >= 11 is 0. The molecule has 68 valence electrons. The molecule has 0 saturated heterocycles. The largest absolute Gasteiger partial charge is 0.396 e. The molecule has 0 spiro atoms. The number of aliphatic hydroxyl groups excluding tert-OH is 1. The molecular formula is C10H22O. The van der Waals surface area contributed by atoms with Crippen molar-refractivity contribution >= 4 is 0 Å². The maximum atomic E-state index is 9.06. The van der Waals surface area contributed by atoms with E-state index in [0.29, 0.717) is 23.9 Å².